The number of carbonyl (C=O) groups excluding carboxylic acids is 1. The fourth-order valence-electron chi connectivity index (χ4n) is 3.14. The van der Waals surface area contributed by atoms with Gasteiger partial charge in [-0.15, -0.1) is 12.4 Å². The summed E-state index contributed by atoms with van der Waals surface area (Å²) in [6.45, 7) is 4.65. The van der Waals surface area contributed by atoms with Crippen molar-refractivity contribution >= 4 is 28.3 Å². The largest absolute Gasteiger partial charge is 0.352 e. The molecule has 1 atom stereocenters. The summed E-state index contributed by atoms with van der Waals surface area (Å²) in [4.78, 5) is 12.4. The molecule has 0 aliphatic carbocycles. The molecule has 6 nitrogen and oxygen atoms in total. The van der Waals surface area contributed by atoms with E-state index in [1.165, 1.54) is 18.4 Å². The van der Waals surface area contributed by atoms with Crippen LogP contribution in [0.4, 0.5) is 0 Å². The van der Waals surface area contributed by atoms with Gasteiger partial charge in [0.05, 0.1) is 4.90 Å². The quantitative estimate of drug-likeness (QED) is 0.729. The van der Waals surface area contributed by atoms with Gasteiger partial charge in [0.15, 0.2) is 0 Å². The summed E-state index contributed by atoms with van der Waals surface area (Å²) < 4.78 is 25.3. The Labute approximate surface area is 163 Å². The fraction of sp³-hybridized carbons (Fsp3) is 0.611. The molecule has 1 unspecified atom stereocenters. The van der Waals surface area contributed by atoms with E-state index in [9.17, 15) is 13.2 Å². The van der Waals surface area contributed by atoms with Crippen LogP contribution in [-0.4, -0.2) is 45.8 Å². The lowest BCUT2D eigenvalue weighted by atomic mass is 9.84. The first-order chi connectivity index (χ1) is 11.8. The summed E-state index contributed by atoms with van der Waals surface area (Å²) in [5.41, 5.74) is 0.889. The molecule has 0 spiro atoms. The fourth-order valence-corrected chi connectivity index (χ4v) is 4.04. The molecule has 1 aromatic carbocycles. The Bertz CT molecular complexity index is 671. The molecule has 26 heavy (non-hydrogen) atoms. The number of nitrogens with zero attached hydrogens (tertiary/aromatic N) is 1. The highest BCUT2D eigenvalue weighted by atomic mass is 35.5. The molecule has 1 saturated heterocycles. The molecule has 1 aliphatic heterocycles. The van der Waals surface area contributed by atoms with E-state index in [1.807, 2.05) is 0 Å². The number of hydrogen-bond acceptors (Lipinski definition) is 4. The lowest BCUT2D eigenvalue weighted by Crippen LogP contribution is -2.33. The number of halogens is 1. The highest BCUT2D eigenvalue weighted by Gasteiger charge is 2.22. The number of nitrogens with one attached hydrogen (secondary N) is 2. The second-order valence-corrected chi connectivity index (χ2v) is 9.13. The van der Waals surface area contributed by atoms with Gasteiger partial charge in [-0.1, -0.05) is 19.1 Å². The van der Waals surface area contributed by atoms with Crippen LogP contribution < -0.4 is 10.6 Å². The number of piperidine rings is 1. The monoisotopic (exact) mass is 403 g/mol. The summed E-state index contributed by atoms with van der Waals surface area (Å²) >= 11 is 0. The highest BCUT2D eigenvalue weighted by Crippen LogP contribution is 2.24. The van der Waals surface area contributed by atoms with Crippen LogP contribution in [-0.2, 0) is 21.4 Å². The van der Waals surface area contributed by atoms with Crippen molar-refractivity contribution in [2.75, 3.05) is 27.2 Å². The maximum absolute atomic E-state index is 12.2. The number of hydrogen-bond donors (Lipinski definition) is 2. The van der Waals surface area contributed by atoms with Gasteiger partial charge in [-0.05, 0) is 55.5 Å². The maximum Gasteiger partial charge on any atom is 0.242 e. The number of sulfonamides is 1. The summed E-state index contributed by atoms with van der Waals surface area (Å²) in [5, 5.41) is 6.28. The second kappa shape index (κ2) is 10.3. The second-order valence-electron chi connectivity index (χ2n) is 6.98. The van der Waals surface area contributed by atoms with Crippen molar-refractivity contribution < 1.29 is 13.2 Å². The van der Waals surface area contributed by atoms with Crippen LogP contribution >= 0.6 is 12.4 Å². The van der Waals surface area contributed by atoms with Crippen molar-refractivity contribution in [2.24, 2.45) is 11.8 Å². The van der Waals surface area contributed by atoms with Gasteiger partial charge in [-0.3, -0.25) is 4.79 Å². The third kappa shape index (κ3) is 6.23. The molecular formula is C18H30ClN3O3S. The Balaban J connectivity index is 0.00000338. The summed E-state index contributed by atoms with van der Waals surface area (Å²) in [7, 11) is -0.399. The first-order valence-corrected chi connectivity index (χ1v) is 10.2. The topological polar surface area (TPSA) is 78.5 Å². The maximum atomic E-state index is 12.2. The van der Waals surface area contributed by atoms with Gasteiger partial charge in [0, 0.05) is 27.1 Å². The Morgan fingerprint density at radius 2 is 1.81 bits per heavy atom. The molecule has 1 amide bonds. The predicted molar refractivity (Wildman–Crippen MR) is 106 cm³/mol. The van der Waals surface area contributed by atoms with Gasteiger partial charge in [0.2, 0.25) is 15.9 Å². The Morgan fingerprint density at radius 1 is 1.23 bits per heavy atom. The molecule has 0 saturated carbocycles. The number of amides is 1. The zero-order chi connectivity index (χ0) is 18.4. The first-order valence-electron chi connectivity index (χ1n) is 8.79. The van der Waals surface area contributed by atoms with E-state index < -0.39 is 10.0 Å². The van der Waals surface area contributed by atoms with E-state index in [4.69, 9.17) is 0 Å². The van der Waals surface area contributed by atoms with Crippen LogP contribution in [0, 0.1) is 11.8 Å². The van der Waals surface area contributed by atoms with Crippen molar-refractivity contribution in [3.63, 3.8) is 0 Å². The molecule has 1 aromatic rings. The molecule has 0 bridgehead atoms. The van der Waals surface area contributed by atoms with E-state index in [1.54, 1.807) is 24.3 Å². The van der Waals surface area contributed by atoms with Crippen LogP contribution in [0.15, 0.2) is 29.2 Å². The molecule has 2 rings (SSSR count). The molecule has 1 aliphatic rings. The van der Waals surface area contributed by atoms with Crippen molar-refractivity contribution in [3.8, 4) is 0 Å². The van der Waals surface area contributed by atoms with Gasteiger partial charge in [-0.2, -0.15) is 0 Å². The number of rotatable bonds is 7. The highest BCUT2D eigenvalue weighted by molar-refractivity contribution is 7.89. The molecule has 8 heteroatoms. The Kier molecular flexibility index (Phi) is 9.03. The van der Waals surface area contributed by atoms with Crippen molar-refractivity contribution in [1.29, 1.82) is 0 Å². The van der Waals surface area contributed by atoms with E-state index in [-0.39, 0.29) is 23.2 Å². The molecular weight excluding hydrogens is 374 g/mol. The standard InChI is InChI=1S/C18H29N3O3S.ClH/c1-14(16-8-10-19-11-9-16)12-18(22)20-13-15-4-6-17(7-5-15)25(23,24)21(2)3;/h4-7,14,16,19H,8-13H2,1-3H3,(H,20,22);1H. The average Bonchev–Trinajstić information content (AvgIpc) is 2.61. The Hall–Kier alpha value is -1.15. The summed E-state index contributed by atoms with van der Waals surface area (Å²) in [6, 6.07) is 6.64. The van der Waals surface area contributed by atoms with Gasteiger partial charge < -0.3 is 10.6 Å². The minimum atomic E-state index is -3.41. The van der Waals surface area contributed by atoms with Crippen molar-refractivity contribution in [1.82, 2.24) is 14.9 Å². The SMILES string of the molecule is CC(CC(=O)NCc1ccc(S(=O)(=O)N(C)C)cc1)C1CCNCC1.Cl. The zero-order valence-electron chi connectivity index (χ0n) is 15.7. The lowest BCUT2D eigenvalue weighted by molar-refractivity contribution is -0.122. The molecule has 1 heterocycles. The summed E-state index contributed by atoms with van der Waals surface area (Å²) in [5.74, 6) is 1.05. The lowest BCUT2D eigenvalue weighted by Gasteiger charge is -2.27. The van der Waals surface area contributed by atoms with E-state index in [0.29, 0.717) is 24.8 Å². The smallest absolute Gasteiger partial charge is 0.242 e. The first kappa shape index (κ1) is 22.9. The van der Waals surface area contributed by atoms with Gasteiger partial charge in [0.1, 0.15) is 0 Å². The van der Waals surface area contributed by atoms with Gasteiger partial charge in [0.25, 0.3) is 0 Å². The number of benzene rings is 1. The normalized spacial score (nSPS) is 16.8. The van der Waals surface area contributed by atoms with Crippen LogP contribution in [0.25, 0.3) is 0 Å². The number of carbonyl (C=O) groups is 1. The van der Waals surface area contributed by atoms with Gasteiger partial charge in [-0.25, -0.2) is 12.7 Å². The molecule has 1 fully saturated rings. The molecule has 2 N–H and O–H groups in total. The van der Waals surface area contributed by atoms with Crippen LogP contribution in [0.3, 0.4) is 0 Å². The predicted octanol–water partition coefficient (Wildman–Crippen LogP) is 2.00. The molecule has 0 aromatic heterocycles. The third-order valence-corrected chi connectivity index (χ3v) is 6.72. The van der Waals surface area contributed by atoms with Crippen LogP contribution in [0.2, 0.25) is 0 Å². The molecule has 0 radical (unpaired) electrons. The zero-order valence-corrected chi connectivity index (χ0v) is 17.3. The Morgan fingerprint density at radius 3 is 2.35 bits per heavy atom. The van der Waals surface area contributed by atoms with E-state index in [2.05, 4.69) is 17.6 Å². The van der Waals surface area contributed by atoms with Crippen molar-refractivity contribution in [2.45, 2.75) is 37.6 Å². The van der Waals surface area contributed by atoms with E-state index in [0.717, 1.165) is 31.5 Å². The third-order valence-electron chi connectivity index (χ3n) is 4.89. The van der Waals surface area contributed by atoms with Crippen molar-refractivity contribution in [3.05, 3.63) is 29.8 Å². The van der Waals surface area contributed by atoms with Crippen LogP contribution in [0.5, 0.6) is 0 Å². The minimum Gasteiger partial charge on any atom is -0.352 e. The average molecular weight is 404 g/mol. The van der Waals surface area contributed by atoms with Crippen LogP contribution in [0.1, 0.15) is 31.7 Å². The van der Waals surface area contributed by atoms with E-state index >= 15 is 0 Å². The minimum absolute atomic E-state index is 0. The van der Waals surface area contributed by atoms with Gasteiger partial charge >= 0.3 is 0 Å². The molecule has 148 valence electrons. The summed E-state index contributed by atoms with van der Waals surface area (Å²) in [6.07, 6.45) is 2.81.